The molecule has 0 aromatic heterocycles. The lowest BCUT2D eigenvalue weighted by molar-refractivity contribution is 0.101. The predicted octanol–water partition coefficient (Wildman–Crippen LogP) is 2.67. The smallest absolute Gasteiger partial charge is 0.339 e. The monoisotopic (exact) mass is 306 g/mol. The molecule has 0 amide bonds. The van der Waals surface area contributed by atoms with Crippen LogP contribution in [0.3, 0.4) is 0 Å². The maximum Gasteiger partial charge on any atom is 0.339 e. The van der Waals surface area contributed by atoms with E-state index >= 15 is 0 Å². The summed E-state index contributed by atoms with van der Waals surface area (Å²) in [7, 11) is -2.47. The van der Waals surface area contributed by atoms with Gasteiger partial charge in [0.25, 0.3) is 0 Å². The molecule has 6 heteroatoms. The second-order valence-electron chi connectivity index (χ2n) is 4.30. The molecule has 0 aliphatic heterocycles. The molecule has 0 fully saturated rings. The Balaban J connectivity index is 2.27. The third-order valence-corrected chi connectivity index (χ3v) is 4.06. The van der Waals surface area contributed by atoms with Crippen LogP contribution in [-0.2, 0) is 10.1 Å². The fourth-order valence-corrected chi connectivity index (χ4v) is 2.61. The minimum absolute atomic E-state index is 0.0182. The van der Waals surface area contributed by atoms with Gasteiger partial charge in [-0.2, -0.15) is 8.42 Å². The summed E-state index contributed by atoms with van der Waals surface area (Å²) in [6, 6.07) is 11.9. The lowest BCUT2D eigenvalue weighted by atomic mass is 10.2. The molecule has 0 spiro atoms. The molecular formula is C15H14O5S. The molecule has 0 aliphatic rings. The number of methoxy groups -OCH3 is 1. The van der Waals surface area contributed by atoms with Gasteiger partial charge in [0, 0.05) is 11.6 Å². The van der Waals surface area contributed by atoms with Gasteiger partial charge in [0.1, 0.15) is 16.4 Å². The molecule has 2 aromatic carbocycles. The zero-order valence-corrected chi connectivity index (χ0v) is 12.4. The van der Waals surface area contributed by atoms with Crippen molar-refractivity contribution in [1.29, 1.82) is 0 Å². The molecule has 2 rings (SSSR count). The van der Waals surface area contributed by atoms with Crippen LogP contribution in [0.1, 0.15) is 17.3 Å². The Morgan fingerprint density at radius 3 is 2.19 bits per heavy atom. The minimum atomic E-state index is -3.95. The lowest BCUT2D eigenvalue weighted by Crippen LogP contribution is -2.10. The first-order chi connectivity index (χ1) is 9.92. The Morgan fingerprint density at radius 1 is 1.00 bits per heavy atom. The molecule has 0 atom stereocenters. The molecule has 2 aromatic rings. The number of Topliss-reactive ketones (excluding diaryl/α,β-unsaturated/α-hetero) is 1. The van der Waals surface area contributed by atoms with E-state index in [-0.39, 0.29) is 16.4 Å². The molecule has 0 aliphatic carbocycles. The van der Waals surface area contributed by atoms with E-state index < -0.39 is 10.1 Å². The standard InChI is InChI=1S/C15H14O5S/c1-11(16)12-6-8-15(9-7-12)21(17,18)20-14-5-3-4-13(10-14)19-2/h3-10H,1-2H3. The van der Waals surface area contributed by atoms with Crippen molar-refractivity contribution in [3.63, 3.8) is 0 Å². The van der Waals surface area contributed by atoms with E-state index in [0.29, 0.717) is 11.3 Å². The van der Waals surface area contributed by atoms with Crippen LogP contribution in [0.2, 0.25) is 0 Å². The van der Waals surface area contributed by atoms with Crippen LogP contribution in [0.4, 0.5) is 0 Å². The summed E-state index contributed by atoms with van der Waals surface area (Å²) in [4.78, 5) is 11.2. The van der Waals surface area contributed by atoms with Crippen molar-refractivity contribution in [2.24, 2.45) is 0 Å². The number of hydrogen-bond acceptors (Lipinski definition) is 5. The van der Waals surface area contributed by atoms with Crippen molar-refractivity contribution in [3.05, 3.63) is 54.1 Å². The molecular weight excluding hydrogens is 292 g/mol. The Kier molecular flexibility index (Phi) is 4.28. The van der Waals surface area contributed by atoms with Gasteiger partial charge >= 0.3 is 10.1 Å². The van der Waals surface area contributed by atoms with Crippen molar-refractivity contribution in [1.82, 2.24) is 0 Å². The summed E-state index contributed by atoms with van der Waals surface area (Å²) >= 11 is 0. The number of carbonyl (C=O) groups is 1. The highest BCUT2D eigenvalue weighted by Gasteiger charge is 2.17. The quantitative estimate of drug-likeness (QED) is 0.627. The van der Waals surface area contributed by atoms with Gasteiger partial charge in [-0.3, -0.25) is 4.79 Å². The van der Waals surface area contributed by atoms with Crippen molar-refractivity contribution < 1.29 is 22.1 Å². The zero-order chi connectivity index (χ0) is 15.5. The van der Waals surface area contributed by atoms with E-state index in [2.05, 4.69) is 0 Å². The number of ether oxygens (including phenoxy) is 1. The number of benzene rings is 2. The number of rotatable bonds is 5. The van der Waals surface area contributed by atoms with Crippen molar-refractivity contribution in [2.45, 2.75) is 11.8 Å². The minimum Gasteiger partial charge on any atom is -0.497 e. The van der Waals surface area contributed by atoms with Crippen LogP contribution in [0.15, 0.2) is 53.4 Å². The van der Waals surface area contributed by atoms with Crippen LogP contribution in [-0.4, -0.2) is 21.3 Å². The van der Waals surface area contributed by atoms with Gasteiger partial charge in [-0.1, -0.05) is 18.2 Å². The van der Waals surface area contributed by atoms with Crippen molar-refractivity contribution >= 4 is 15.9 Å². The second kappa shape index (κ2) is 5.97. The Labute approximate surface area is 123 Å². The molecule has 0 unspecified atom stereocenters. The summed E-state index contributed by atoms with van der Waals surface area (Å²) in [5.41, 5.74) is 0.440. The fourth-order valence-electron chi connectivity index (χ4n) is 1.68. The van der Waals surface area contributed by atoms with Gasteiger partial charge in [-0.15, -0.1) is 0 Å². The molecule has 0 bridgehead atoms. The number of ketones is 1. The van der Waals surface area contributed by atoms with Crippen molar-refractivity contribution in [2.75, 3.05) is 7.11 Å². The molecule has 21 heavy (non-hydrogen) atoms. The summed E-state index contributed by atoms with van der Waals surface area (Å²) in [6.07, 6.45) is 0. The van der Waals surface area contributed by atoms with Crippen LogP contribution >= 0.6 is 0 Å². The van der Waals surface area contributed by atoms with E-state index in [1.807, 2.05) is 0 Å². The first-order valence-electron chi connectivity index (χ1n) is 6.12. The van der Waals surface area contributed by atoms with E-state index in [9.17, 15) is 13.2 Å². The molecule has 0 heterocycles. The topological polar surface area (TPSA) is 69.7 Å². The van der Waals surface area contributed by atoms with E-state index in [0.717, 1.165) is 0 Å². The number of carbonyl (C=O) groups excluding carboxylic acids is 1. The molecule has 0 radical (unpaired) electrons. The van der Waals surface area contributed by atoms with Gasteiger partial charge in [0.05, 0.1) is 7.11 Å². The maximum absolute atomic E-state index is 12.1. The maximum atomic E-state index is 12.1. The Hall–Kier alpha value is -2.34. The van der Waals surface area contributed by atoms with Gasteiger partial charge < -0.3 is 8.92 Å². The predicted molar refractivity (Wildman–Crippen MR) is 77.3 cm³/mol. The first-order valence-corrected chi connectivity index (χ1v) is 7.53. The zero-order valence-electron chi connectivity index (χ0n) is 11.6. The van der Waals surface area contributed by atoms with Crippen molar-refractivity contribution in [3.8, 4) is 11.5 Å². The van der Waals surface area contributed by atoms with E-state index in [1.165, 1.54) is 50.4 Å². The van der Waals surface area contributed by atoms with E-state index in [4.69, 9.17) is 8.92 Å². The van der Waals surface area contributed by atoms with Crippen LogP contribution in [0.5, 0.6) is 11.5 Å². The average Bonchev–Trinajstić information content (AvgIpc) is 2.47. The fraction of sp³-hybridized carbons (Fsp3) is 0.133. The molecule has 0 N–H and O–H groups in total. The third kappa shape index (κ3) is 3.61. The van der Waals surface area contributed by atoms with Gasteiger partial charge in [-0.05, 0) is 31.2 Å². The third-order valence-electron chi connectivity index (χ3n) is 2.80. The summed E-state index contributed by atoms with van der Waals surface area (Å²) in [5, 5.41) is 0. The summed E-state index contributed by atoms with van der Waals surface area (Å²) in [6.45, 7) is 1.41. The molecule has 0 saturated carbocycles. The molecule has 110 valence electrons. The highest BCUT2D eigenvalue weighted by Crippen LogP contribution is 2.23. The van der Waals surface area contributed by atoms with E-state index in [1.54, 1.807) is 12.1 Å². The Bertz CT molecular complexity index is 748. The SMILES string of the molecule is COc1cccc(OS(=O)(=O)c2ccc(C(C)=O)cc2)c1. The average molecular weight is 306 g/mol. The van der Waals surface area contributed by atoms with Crippen LogP contribution in [0, 0.1) is 0 Å². The first kappa shape index (κ1) is 15.1. The highest BCUT2D eigenvalue weighted by molar-refractivity contribution is 7.87. The largest absolute Gasteiger partial charge is 0.497 e. The highest BCUT2D eigenvalue weighted by atomic mass is 32.2. The molecule has 0 saturated heterocycles. The normalized spacial score (nSPS) is 11.0. The summed E-state index contributed by atoms with van der Waals surface area (Å²) < 4.78 is 34.3. The van der Waals surface area contributed by atoms with Gasteiger partial charge in [0.15, 0.2) is 5.78 Å². The lowest BCUT2D eigenvalue weighted by Gasteiger charge is -2.08. The summed E-state index contributed by atoms with van der Waals surface area (Å²) in [5.74, 6) is 0.521. The van der Waals surface area contributed by atoms with Crippen LogP contribution < -0.4 is 8.92 Å². The number of hydrogen-bond donors (Lipinski definition) is 0. The van der Waals surface area contributed by atoms with Crippen LogP contribution in [0.25, 0.3) is 0 Å². The van der Waals surface area contributed by atoms with Gasteiger partial charge in [0.2, 0.25) is 0 Å². The second-order valence-corrected chi connectivity index (χ2v) is 5.84. The van der Waals surface area contributed by atoms with Gasteiger partial charge in [-0.25, -0.2) is 0 Å². The molecule has 5 nitrogen and oxygen atoms in total. The Morgan fingerprint density at radius 2 is 1.62 bits per heavy atom.